The number of nitrogens with one attached hydrogen (secondary N) is 1. The third kappa shape index (κ3) is 4.84. The van der Waals surface area contributed by atoms with Crippen molar-refractivity contribution >= 4 is 31.9 Å². The molecule has 2 N–H and O–H groups in total. The summed E-state index contributed by atoms with van der Waals surface area (Å²) in [4.78, 5) is 10.3. The lowest BCUT2D eigenvalue weighted by molar-refractivity contribution is -0.137. The molecule has 0 aliphatic rings. The van der Waals surface area contributed by atoms with Gasteiger partial charge in [-0.05, 0) is 54.4 Å². The highest BCUT2D eigenvalue weighted by atomic mass is 79.9. The van der Waals surface area contributed by atoms with E-state index in [-0.39, 0.29) is 22.2 Å². The second-order valence-corrected chi connectivity index (χ2v) is 7.50. The second-order valence-electron chi connectivity index (χ2n) is 4.96. The van der Waals surface area contributed by atoms with Gasteiger partial charge in [0, 0.05) is 12.0 Å². The van der Waals surface area contributed by atoms with E-state index in [1.54, 1.807) is 13.8 Å². The molecular formula is C12H15BrFNO4S. The van der Waals surface area contributed by atoms with Crippen LogP contribution in [0, 0.1) is 5.82 Å². The van der Waals surface area contributed by atoms with Crippen LogP contribution in [0.5, 0.6) is 0 Å². The van der Waals surface area contributed by atoms with Gasteiger partial charge >= 0.3 is 5.97 Å². The van der Waals surface area contributed by atoms with E-state index in [1.807, 2.05) is 0 Å². The van der Waals surface area contributed by atoms with Crippen molar-refractivity contribution in [1.29, 1.82) is 0 Å². The molecule has 8 heteroatoms. The minimum Gasteiger partial charge on any atom is -0.481 e. The van der Waals surface area contributed by atoms with Crippen LogP contribution in [0.2, 0.25) is 0 Å². The summed E-state index contributed by atoms with van der Waals surface area (Å²) in [6.45, 7) is 3.14. The number of hydrogen-bond acceptors (Lipinski definition) is 3. The Morgan fingerprint density at radius 3 is 2.55 bits per heavy atom. The van der Waals surface area contributed by atoms with Crippen LogP contribution in [0.3, 0.4) is 0 Å². The first-order valence-electron chi connectivity index (χ1n) is 5.74. The molecule has 0 aliphatic heterocycles. The molecule has 0 amide bonds. The molecule has 0 aliphatic carbocycles. The van der Waals surface area contributed by atoms with Gasteiger partial charge in [-0.2, -0.15) is 0 Å². The first kappa shape index (κ1) is 17.1. The average Bonchev–Trinajstić information content (AvgIpc) is 2.29. The number of carboxylic acid groups (broad SMARTS) is 1. The van der Waals surface area contributed by atoms with Crippen molar-refractivity contribution in [3.05, 3.63) is 28.5 Å². The average molecular weight is 368 g/mol. The maximum atomic E-state index is 13.4. The molecule has 0 heterocycles. The number of sulfonamides is 1. The standard InChI is InChI=1S/C12H15BrFNO4S/c1-12(2,6-5-11(16)17)15-20(18,19)8-3-4-9(13)10(14)7-8/h3-4,7,15H,5-6H2,1-2H3,(H,16,17). The maximum absolute atomic E-state index is 13.4. The van der Waals surface area contributed by atoms with Crippen molar-refractivity contribution in [1.82, 2.24) is 4.72 Å². The van der Waals surface area contributed by atoms with Crippen LogP contribution >= 0.6 is 15.9 Å². The van der Waals surface area contributed by atoms with Crippen LogP contribution in [0.15, 0.2) is 27.6 Å². The van der Waals surface area contributed by atoms with Gasteiger partial charge in [0.05, 0.1) is 9.37 Å². The minimum atomic E-state index is -3.91. The first-order valence-corrected chi connectivity index (χ1v) is 8.02. The molecular weight excluding hydrogens is 353 g/mol. The van der Waals surface area contributed by atoms with E-state index in [0.29, 0.717) is 0 Å². The molecule has 0 unspecified atom stereocenters. The lowest BCUT2D eigenvalue weighted by Gasteiger charge is -2.25. The molecule has 5 nitrogen and oxygen atoms in total. The van der Waals surface area contributed by atoms with E-state index in [9.17, 15) is 17.6 Å². The van der Waals surface area contributed by atoms with Crippen LogP contribution in [-0.4, -0.2) is 25.0 Å². The minimum absolute atomic E-state index is 0.126. The first-order chi connectivity index (χ1) is 9.03. The third-order valence-electron chi connectivity index (χ3n) is 2.58. The fraction of sp³-hybridized carbons (Fsp3) is 0.417. The van der Waals surface area contributed by atoms with Crippen molar-refractivity contribution in [3.8, 4) is 0 Å². The van der Waals surface area contributed by atoms with Crippen molar-refractivity contribution in [2.75, 3.05) is 0 Å². The number of hydrogen-bond donors (Lipinski definition) is 2. The Labute approximate surface area is 125 Å². The molecule has 1 aromatic rings. The lowest BCUT2D eigenvalue weighted by atomic mass is 10.0. The lowest BCUT2D eigenvalue weighted by Crippen LogP contribution is -2.43. The molecule has 1 rings (SSSR count). The van der Waals surface area contributed by atoms with E-state index >= 15 is 0 Å². The number of aliphatic carboxylic acids is 1. The Balaban J connectivity index is 2.93. The summed E-state index contributed by atoms with van der Waals surface area (Å²) in [5.41, 5.74) is -0.944. The van der Waals surface area contributed by atoms with Gasteiger partial charge in [0.15, 0.2) is 0 Å². The van der Waals surface area contributed by atoms with Gasteiger partial charge < -0.3 is 5.11 Å². The van der Waals surface area contributed by atoms with E-state index in [2.05, 4.69) is 20.7 Å². The maximum Gasteiger partial charge on any atom is 0.303 e. The van der Waals surface area contributed by atoms with Gasteiger partial charge in [-0.25, -0.2) is 17.5 Å². The number of carbonyl (C=O) groups is 1. The van der Waals surface area contributed by atoms with Gasteiger partial charge in [-0.1, -0.05) is 0 Å². The largest absolute Gasteiger partial charge is 0.481 e. The van der Waals surface area contributed by atoms with Gasteiger partial charge in [-0.15, -0.1) is 0 Å². The number of carboxylic acids is 1. The zero-order valence-electron chi connectivity index (χ0n) is 11.0. The van der Waals surface area contributed by atoms with Crippen molar-refractivity contribution < 1.29 is 22.7 Å². The molecule has 0 aromatic heterocycles. The predicted molar refractivity (Wildman–Crippen MR) is 75.4 cm³/mol. The normalized spacial score (nSPS) is 12.4. The molecule has 112 valence electrons. The highest BCUT2D eigenvalue weighted by Gasteiger charge is 2.27. The molecule has 20 heavy (non-hydrogen) atoms. The third-order valence-corrected chi connectivity index (χ3v) is 4.91. The van der Waals surface area contributed by atoms with Crippen LogP contribution in [0.1, 0.15) is 26.7 Å². The van der Waals surface area contributed by atoms with Gasteiger partial charge in [-0.3, -0.25) is 4.79 Å². The molecule has 0 bridgehead atoms. The Morgan fingerprint density at radius 1 is 1.45 bits per heavy atom. The highest BCUT2D eigenvalue weighted by molar-refractivity contribution is 9.10. The van der Waals surface area contributed by atoms with E-state index in [4.69, 9.17) is 5.11 Å². The van der Waals surface area contributed by atoms with Crippen molar-refractivity contribution in [3.63, 3.8) is 0 Å². The summed E-state index contributed by atoms with van der Waals surface area (Å²) >= 11 is 2.94. The zero-order valence-corrected chi connectivity index (χ0v) is 13.4. The van der Waals surface area contributed by atoms with E-state index in [0.717, 1.165) is 6.07 Å². The van der Waals surface area contributed by atoms with Crippen LogP contribution in [0.25, 0.3) is 0 Å². The zero-order chi connectivity index (χ0) is 15.6. The molecule has 1 aromatic carbocycles. The summed E-state index contributed by atoms with van der Waals surface area (Å²) in [7, 11) is -3.91. The fourth-order valence-corrected chi connectivity index (χ4v) is 3.24. The van der Waals surface area contributed by atoms with Crippen LogP contribution in [-0.2, 0) is 14.8 Å². The quantitative estimate of drug-likeness (QED) is 0.808. The summed E-state index contributed by atoms with van der Waals surface area (Å²) in [6.07, 6.45) is -0.0369. The second kappa shape index (κ2) is 6.19. The number of benzene rings is 1. The molecule has 0 spiro atoms. The van der Waals surface area contributed by atoms with Crippen LogP contribution in [0.4, 0.5) is 4.39 Å². The van der Waals surface area contributed by atoms with Gasteiger partial charge in [0.2, 0.25) is 10.0 Å². The monoisotopic (exact) mass is 367 g/mol. The molecule has 0 fully saturated rings. The van der Waals surface area contributed by atoms with Gasteiger partial charge in [0.25, 0.3) is 0 Å². The molecule has 0 atom stereocenters. The number of rotatable bonds is 6. The molecule has 0 radical (unpaired) electrons. The summed E-state index contributed by atoms with van der Waals surface area (Å²) in [5, 5.41) is 8.63. The van der Waals surface area contributed by atoms with E-state index < -0.39 is 27.3 Å². The number of halogens is 2. The summed E-state index contributed by atoms with van der Waals surface area (Å²) < 4.78 is 40.2. The van der Waals surface area contributed by atoms with Crippen LogP contribution < -0.4 is 4.72 Å². The Morgan fingerprint density at radius 2 is 2.05 bits per heavy atom. The fourth-order valence-electron chi connectivity index (χ4n) is 1.54. The Kier molecular flexibility index (Phi) is 5.28. The van der Waals surface area contributed by atoms with Gasteiger partial charge in [0.1, 0.15) is 5.82 Å². The Bertz CT molecular complexity index is 616. The SMILES string of the molecule is CC(C)(CCC(=O)O)NS(=O)(=O)c1ccc(Br)c(F)c1. The highest BCUT2D eigenvalue weighted by Crippen LogP contribution is 2.21. The molecule has 0 saturated carbocycles. The molecule has 0 saturated heterocycles. The van der Waals surface area contributed by atoms with Crippen molar-refractivity contribution in [2.45, 2.75) is 37.1 Å². The summed E-state index contributed by atoms with van der Waals surface area (Å²) in [6, 6.07) is 3.47. The smallest absolute Gasteiger partial charge is 0.303 e. The Hall–Kier alpha value is -0.990. The van der Waals surface area contributed by atoms with E-state index in [1.165, 1.54) is 12.1 Å². The topological polar surface area (TPSA) is 83.5 Å². The summed E-state index contributed by atoms with van der Waals surface area (Å²) in [5.74, 6) is -1.69. The predicted octanol–water partition coefficient (Wildman–Crippen LogP) is 2.51. The van der Waals surface area contributed by atoms with Crippen molar-refractivity contribution in [2.24, 2.45) is 0 Å².